The molecule has 0 spiro atoms. The molecule has 6 nitrogen and oxygen atoms in total. The number of aromatic nitrogens is 2. The van der Waals surface area contributed by atoms with Gasteiger partial charge in [0.05, 0.1) is 14.2 Å². The molecule has 0 saturated carbocycles. The van der Waals surface area contributed by atoms with Crippen molar-refractivity contribution in [2.75, 3.05) is 14.2 Å². The number of hydrogen-bond acceptors (Lipinski definition) is 6. The van der Waals surface area contributed by atoms with E-state index in [1.165, 1.54) is 12.1 Å². The SMILES string of the molecule is COc1ccc(-c2nnc(COc3ccccc3F)o2)cc1OC. The van der Waals surface area contributed by atoms with Crippen molar-refractivity contribution in [1.29, 1.82) is 0 Å². The number of para-hydroxylation sites is 1. The van der Waals surface area contributed by atoms with E-state index in [1.54, 1.807) is 44.6 Å². The Morgan fingerprint density at radius 1 is 0.958 bits per heavy atom. The van der Waals surface area contributed by atoms with Crippen LogP contribution in [0.25, 0.3) is 11.5 Å². The normalized spacial score (nSPS) is 10.5. The molecule has 1 heterocycles. The molecule has 0 aliphatic rings. The van der Waals surface area contributed by atoms with E-state index in [-0.39, 0.29) is 18.2 Å². The first-order chi connectivity index (χ1) is 11.7. The van der Waals surface area contributed by atoms with Crippen molar-refractivity contribution in [2.45, 2.75) is 6.61 Å². The molecule has 7 heteroatoms. The number of rotatable bonds is 6. The summed E-state index contributed by atoms with van der Waals surface area (Å²) in [4.78, 5) is 0. The molecule has 24 heavy (non-hydrogen) atoms. The van der Waals surface area contributed by atoms with Crippen molar-refractivity contribution < 1.29 is 23.0 Å². The van der Waals surface area contributed by atoms with E-state index in [0.717, 1.165) is 0 Å². The van der Waals surface area contributed by atoms with E-state index >= 15 is 0 Å². The molecule has 1 aromatic heterocycles. The molecular weight excluding hydrogens is 315 g/mol. The number of hydrogen-bond donors (Lipinski definition) is 0. The predicted octanol–water partition coefficient (Wildman–Crippen LogP) is 3.47. The van der Waals surface area contributed by atoms with Crippen LogP contribution in [0.2, 0.25) is 0 Å². The quantitative estimate of drug-likeness (QED) is 0.689. The summed E-state index contributed by atoms with van der Waals surface area (Å²) >= 11 is 0. The summed E-state index contributed by atoms with van der Waals surface area (Å²) in [6, 6.07) is 11.4. The molecule has 0 saturated heterocycles. The topological polar surface area (TPSA) is 66.6 Å². The van der Waals surface area contributed by atoms with E-state index < -0.39 is 5.82 Å². The molecule has 0 N–H and O–H groups in total. The van der Waals surface area contributed by atoms with Crippen molar-refractivity contribution in [3.63, 3.8) is 0 Å². The van der Waals surface area contributed by atoms with Crippen LogP contribution >= 0.6 is 0 Å². The van der Waals surface area contributed by atoms with Gasteiger partial charge in [-0.25, -0.2) is 4.39 Å². The number of ether oxygens (including phenoxy) is 3. The molecule has 124 valence electrons. The lowest BCUT2D eigenvalue weighted by atomic mass is 10.2. The first kappa shape index (κ1) is 15.8. The van der Waals surface area contributed by atoms with E-state index in [2.05, 4.69) is 10.2 Å². The second-order valence-corrected chi connectivity index (χ2v) is 4.79. The molecule has 3 aromatic rings. The van der Waals surface area contributed by atoms with Crippen LogP contribution in [-0.4, -0.2) is 24.4 Å². The second-order valence-electron chi connectivity index (χ2n) is 4.79. The molecule has 0 unspecified atom stereocenters. The number of benzene rings is 2. The summed E-state index contributed by atoms with van der Waals surface area (Å²) in [7, 11) is 3.10. The predicted molar refractivity (Wildman–Crippen MR) is 83.6 cm³/mol. The van der Waals surface area contributed by atoms with Gasteiger partial charge in [0.15, 0.2) is 29.7 Å². The zero-order valence-corrected chi connectivity index (χ0v) is 13.2. The summed E-state index contributed by atoms with van der Waals surface area (Å²) in [5.41, 5.74) is 0.678. The van der Waals surface area contributed by atoms with Gasteiger partial charge < -0.3 is 18.6 Å². The Morgan fingerprint density at radius 3 is 2.50 bits per heavy atom. The fourth-order valence-electron chi connectivity index (χ4n) is 2.10. The Hall–Kier alpha value is -3.09. The molecule has 2 aromatic carbocycles. The molecule has 0 radical (unpaired) electrons. The van der Waals surface area contributed by atoms with Crippen LogP contribution in [0.1, 0.15) is 5.89 Å². The highest BCUT2D eigenvalue weighted by atomic mass is 19.1. The van der Waals surface area contributed by atoms with Gasteiger partial charge in [-0.1, -0.05) is 12.1 Å². The van der Waals surface area contributed by atoms with Crippen molar-refractivity contribution in [3.05, 3.63) is 54.2 Å². The summed E-state index contributed by atoms with van der Waals surface area (Å²) in [6.45, 7) is -0.0266. The molecule has 0 amide bonds. The van der Waals surface area contributed by atoms with Gasteiger partial charge in [0.1, 0.15) is 0 Å². The molecule has 0 bridgehead atoms. The van der Waals surface area contributed by atoms with Crippen molar-refractivity contribution in [1.82, 2.24) is 10.2 Å². The second kappa shape index (κ2) is 6.99. The largest absolute Gasteiger partial charge is 0.493 e. The van der Waals surface area contributed by atoms with Crippen LogP contribution in [0.5, 0.6) is 17.2 Å². The average molecular weight is 330 g/mol. The van der Waals surface area contributed by atoms with Crippen LogP contribution in [0, 0.1) is 5.82 Å². The Morgan fingerprint density at radius 2 is 1.75 bits per heavy atom. The third kappa shape index (κ3) is 3.29. The van der Waals surface area contributed by atoms with Crippen LogP contribution in [0.4, 0.5) is 4.39 Å². The van der Waals surface area contributed by atoms with Crippen molar-refractivity contribution >= 4 is 0 Å². The highest BCUT2D eigenvalue weighted by molar-refractivity contribution is 5.59. The molecule has 0 aliphatic carbocycles. The smallest absolute Gasteiger partial charge is 0.254 e. The lowest BCUT2D eigenvalue weighted by Crippen LogP contribution is -1.97. The fraction of sp³-hybridized carbons (Fsp3) is 0.176. The van der Waals surface area contributed by atoms with Gasteiger partial charge in [-0.3, -0.25) is 0 Å². The van der Waals surface area contributed by atoms with Gasteiger partial charge >= 0.3 is 0 Å². The lowest BCUT2D eigenvalue weighted by molar-refractivity contribution is 0.253. The first-order valence-corrected chi connectivity index (χ1v) is 7.13. The van der Waals surface area contributed by atoms with Crippen LogP contribution in [0.3, 0.4) is 0 Å². The zero-order chi connectivity index (χ0) is 16.9. The molecular formula is C17H15FN2O4. The van der Waals surface area contributed by atoms with Gasteiger partial charge in [0.2, 0.25) is 5.89 Å². The van der Waals surface area contributed by atoms with E-state index in [9.17, 15) is 4.39 Å². The Balaban J connectivity index is 1.75. The van der Waals surface area contributed by atoms with E-state index in [4.69, 9.17) is 18.6 Å². The third-order valence-electron chi connectivity index (χ3n) is 3.29. The van der Waals surface area contributed by atoms with Gasteiger partial charge in [-0.05, 0) is 30.3 Å². The minimum Gasteiger partial charge on any atom is -0.493 e. The maximum atomic E-state index is 13.5. The summed E-state index contributed by atoms with van der Waals surface area (Å²) in [5.74, 6) is 1.38. The van der Waals surface area contributed by atoms with Crippen LogP contribution in [-0.2, 0) is 6.61 Å². The average Bonchev–Trinajstić information content (AvgIpc) is 3.09. The molecule has 0 atom stereocenters. The third-order valence-corrected chi connectivity index (χ3v) is 3.29. The minimum absolute atomic E-state index is 0.0266. The molecule has 3 rings (SSSR count). The summed E-state index contributed by atoms with van der Waals surface area (Å²) < 4.78 is 34.8. The molecule has 0 aliphatic heterocycles. The number of halogens is 1. The highest BCUT2D eigenvalue weighted by Crippen LogP contribution is 2.31. The Kier molecular flexibility index (Phi) is 4.60. The van der Waals surface area contributed by atoms with Gasteiger partial charge in [0.25, 0.3) is 5.89 Å². The highest BCUT2D eigenvalue weighted by Gasteiger charge is 2.13. The number of nitrogens with zero attached hydrogens (tertiary/aromatic N) is 2. The minimum atomic E-state index is -0.447. The zero-order valence-electron chi connectivity index (χ0n) is 13.2. The lowest BCUT2D eigenvalue weighted by Gasteiger charge is -2.07. The van der Waals surface area contributed by atoms with Crippen LogP contribution < -0.4 is 14.2 Å². The Bertz CT molecular complexity index is 835. The first-order valence-electron chi connectivity index (χ1n) is 7.13. The molecule has 0 fully saturated rings. The maximum Gasteiger partial charge on any atom is 0.254 e. The van der Waals surface area contributed by atoms with Crippen molar-refractivity contribution in [2.24, 2.45) is 0 Å². The van der Waals surface area contributed by atoms with Gasteiger partial charge in [-0.2, -0.15) is 0 Å². The van der Waals surface area contributed by atoms with Crippen molar-refractivity contribution in [3.8, 4) is 28.7 Å². The maximum absolute atomic E-state index is 13.5. The van der Waals surface area contributed by atoms with Gasteiger partial charge in [-0.15, -0.1) is 10.2 Å². The van der Waals surface area contributed by atoms with E-state index in [1.807, 2.05) is 0 Å². The van der Waals surface area contributed by atoms with Crippen LogP contribution in [0.15, 0.2) is 46.9 Å². The van der Waals surface area contributed by atoms with E-state index in [0.29, 0.717) is 23.0 Å². The fourth-order valence-corrected chi connectivity index (χ4v) is 2.10. The Labute approximate surface area is 137 Å². The van der Waals surface area contributed by atoms with Gasteiger partial charge in [0, 0.05) is 5.56 Å². The summed E-state index contributed by atoms with van der Waals surface area (Å²) in [6.07, 6.45) is 0. The number of methoxy groups -OCH3 is 2. The summed E-state index contributed by atoms with van der Waals surface area (Å²) in [5, 5.41) is 7.86. The monoisotopic (exact) mass is 330 g/mol. The standard InChI is InChI=1S/C17H15FN2O4/c1-21-14-8-7-11(9-15(14)22-2)17-20-19-16(24-17)10-23-13-6-4-3-5-12(13)18/h3-9H,10H2,1-2H3.